The van der Waals surface area contributed by atoms with Gasteiger partial charge in [-0.3, -0.25) is 9.79 Å². The molecule has 1 aliphatic rings. The summed E-state index contributed by atoms with van der Waals surface area (Å²) >= 11 is 0. The number of carbonyl (C=O) groups excluding carboxylic acids is 1. The van der Waals surface area contributed by atoms with Gasteiger partial charge in [0.1, 0.15) is 17.2 Å². The molecule has 0 spiro atoms. The Balaban J connectivity index is 1.64. The zero-order valence-corrected chi connectivity index (χ0v) is 14.7. The molecule has 1 amide bonds. The number of hydrogen-bond donors (Lipinski definition) is 2. The number of aliphatic imine (C=N–C) groups is 1. The molecule has 1 saturated heterocycles. The third-order valence-corrected chi connectivity index (χ3v) is 4.60. The van der Waals surface area contributed by atoms with Crippen LogP contribution in [0.3, 0.4) is 0 Å². The minimum Gasteiger partial charge on any atom is -0.459 e. The monoisotopic (exact) mass is 346 g/mol. The normalized spacial score (nSPS) is 18.7. The van der Waals surface area contributed by atoms with E-state index in [2.05, 4.69) is 15.6 Å². The first-order chi connectivity index (χ1) is 12.0. The van der Waals surface area contributed by atoms with Gasteiger partial charge >= 0.3 is 0 Å². The van der Waals surface area contributed by atoms with Gasteiger partial charge in [-0.1, -0.05) is 0 Å². The average Bonchev–Trinajstić information content (AvgIpc) is 2.90. The van der Waals surface area contributed by atoms with Crippen molar-refractivity contribution in [2.24, 2.45) is 4.99 Å². The van der Waals surface area contributed by atoms with Gasteiger partial charge in [0.15, 0.2) is 5.96 Å². The molecule has 0 bridgehead atoms. The molecule has 1 aliphatic heterocycles. The Kier molecular flexibility index (Phi) is 4.92. The van der Waals surface area contributed by atoms with Gasteiger partial charge in [-0.15, -0.1) is 0 Å². The molecule has 2 aromatic rings. The Morgan fingerprint density at radius 3 is 3.00 bits per heavy atom. The molecule has 25 heavy (non-hydrogen) atoms. The summed E-state index contributed by atoms with van der Waals surface area (Å²) in [5.41, 5.74) is 1.59. The van der Waals surface area contributed by atoms with Crippen molar-refractivity contribution in [1.29, 1.82) is 0 Å². The fourth-order valence-corrected chi connectivity index (χ4v) is 3.09. The van der Waals surface area contributed by atoms with E-state index in [-0.39, 0.29) is 17.8 Å². The average molecular weight is 346 g/mol. The molecule has 0 saturated carbocycles. The number of hydrogen-bond acceptors (Lipinski definition) is 3. The van der Waals surface area contributed by atoms with Crippen LogP contribution < -0.4 is 10.6 Å². The van der Waals surface area contributed by atoms with Gasteiger partial charge in [0.25, 0.3) is 0 Å². The van der Waals surface area contributed by atoms with Gasteiger partial charge < -0.3 is 20.0 Å². The van der Waals surface area contributed by atoms with Crippen LogP contribution in [0, 0.1) is 12.7 Å². The zero-order chi connectivity index (χ0) is 18.0. The SMILES string of the molecule is CN=C(NCc1oc2ccc(F)cc2c1C)NC1CCC(=O)N(C)C1. The van der Waals surface area contributed by atoms with Crippen LogP contribution in [0.5, 0.6) is 0 Å². The topological polar surface area (TPSA) is 69.9 Å². The van der Waals surface area contributed by atoms with Crippen LogP contribution in [0.25, 0.3) is 11.0 Å². The summed E-state index contributed by atoms with van der Waals surface area (Å²) in [5, 5.41) is 7.34. The van der Waals surface area contributed by atoms with E-state index in [9.17, 15) is 9.18 Å². The van der Waals surface area contributed by atoms with Gasteiger partial charge in [0.2, 0.25) is 5.91 Å². The van der Waals surface area contributed by atoms with Crippen molar-refractivity contribution in [2.45, 2.75) is 32.4 Å². The highest BCUT2D eigenvalue weighted by atomic mass is 19.1. The van der Waals surface area contributed by atoms with Crippen LogP contribution in [0.15, 0.2) is 27.6 Å². The molecule has 134 valence electrons. The largest absolute Gasteiger partial charge is 0.459 e. The summed E-state index contributed by atoms with van der Waals surface area (Å²) in [6, 6.07) is 4.69. The summed E-state index contributed by atoms with van der Waals surface area (Å²) in [5.74, 6) is 1.30. The van der Waals surface area contributed by atoms with Gasteiger partial charge in [-0.25, -0.2) is 4.39 Å². The van der Waals surface area contributed by atoms with Crippen molar-refractivity contribution in [1.82, 2.24) is 15.5 Å². The van der Waals surface area contributed by atoms with Crippen LogP contribution in [-0.4, -0.2) is 43.4 Å². The lowest BCUT2D eigenvalue weighted by molar-refractivity contribution is -0.132. The highest BCUT2D eigenvalue weighted by Gasteiger charge is 2.23. The Bertz CT molecular complexity index is 815. The minimum absolute atomic E-state index is 0.166. The molecule has 0 aliphatic carbocycles. The first-order valence-electron chi connectivity index (χ1n) is 8.36. The number of aryl methyl sites for hydroxylation is 1. The summed E-state index contributed by atoms with van der Waals surface area (Å²) in [7, 11) is 3.51. The number of nitrogens with zero attached hydrogens (tertiary/aromatic N) is 2. The number of carbonyl (C=O) groups is 1. The quantitative estimate of drug-likeness (QED) is 0.660. The second-order valence-corrected chi connectivity index (χ2v) is 6.37. The molecule has 1 aromatic carbocycles. The lowest BCUT2D eigenvalue weighted by Crippen LogP contribution is -2.51. The second-order valence-electron chi connectivity index (χ2n) is 6.37. The maximum absolute atomic E-state index is 13.4. The number of amides is 1. The van der Waals surface area contributed by atoms with E-state index >= 15 is 0 Å². The zero-order valence-electron chi connectivity index (χ0n) is 14.7. The lowest BCUT2D eigenvalue weighted by Gasteiger charge is -2.31. The third kappa shape index (κ3) is 3.75. The van der Waals surface area contributed by atoms with E-state index in [0.717, 1.165) is 23.1 Å². The highest BCUT2D eigenvalue weighted by molar-refractivity contribution is 5.83. The van der Waals surface area contributed by atoms with E-state index in [4.69, 9.17) is 4.42 Å². The van der Waals surface area contributed by atoms with Gasteiger partial charge in [-0.05, 0) is 31.5 Å². The number of furan rings is 1. The lowest BCUT2D eigenvalue weighted by atomic mass is 10.1. The summed E-state index contributed by atoms with van der Waals surface area (Å²) in [6.07, 6.45) is 1.33. The molecule has 6 nitrogen and oxygen atoms in total. The summed E-state index contributed by atoms with van der Waals surface area (Å²) in [6.45, 7) is 3.02. The van der Waals surface area contributed by atoms with Gasteiger partial charge in [0.05, 0.1) is 6.54 Å². The minimum atomic E-state index is -0.274. The standard InChI is InChI=1S/C18H23FN4O2/c1-11-14-8-12(19)4-6-15(14)25-16(11)9-21-18(20-2)22-13-5-7-17(24)23(3)10-13/h4,6,8,13H,5,7,9-10H2,1-3H3,(H2,20,21,22). The molecule has 3 rings (SSSR count). The predicted molar refractivity (Wildman–Crippen MR) is 94.9 cm³/mol. The number of rotatable bonds is 3. The molecular weight excluding hydrogens is 323 g/mol. The summed E-state index contributed by atoms with van der Waals surface area (Å²) in [4.78, 5) is 17.5. The van der Waals surface area contributed by atoms with Crippen molar-refractivity contribution >= 4 is 22.8 Å². The number of likely N-dealkylation sites (tertiary alicyclic amines) is 1. The molecule has 7 heteroatoms. The molecule has 0 radical (unpaired) electrons. The van der Waals surface area contributed by atoms with E-state index in [1.54, 1.807) is 18.0 Å². The number of likely N-dealkylation sites (N-methyl/N-ethyl adjacent to an activating group) is 1. The Morgan fingerprint density at radius 1 is 1.48 bits per heavy atom. The maximum atomic E-state index is 13.4. The van der Waals surface area contributed by atoms with Crippen LogP contribution >= 0.6 is 0 Å². The van der Waals surface area contributed by atoms with E-state index in [1.165, 1.54) is 12.1 Å². The first kappa shape index (κ1) is 17.3. The molecule has 1 aromatic heterocycles. The van der Waals surface area contributed by atoms with Crippen molar-refractivity contribution < 1.29 is 13.6 Å². The predicted octanol–water partition coefficient (Wildman–Crippen LogP) is 2.17. The van der Waals surface area contributed by atoms with Crippen molar-refractivity contribution in [3.8, 4) is 0 Å². The second kappa shape index (κ2) is 7.13. The number of guanidine groups is 1. The van der Waals surface area contributed by atoms with Crippen LogP contribution in [0.2, 0.25) is 0 Å². The van der Waals surface area contributed by atoms with Gasteiger partial charge in [0, 0.05) is 44.1 Å². The van der Waals surface area contributed by atoms with Crippen molar-refractivity contribution in [3.05, 3.63) is 35.3 Å². The number of halogens is 1. The van der Waals surface area contributed by atoms with Gasteiger partial charge in [-0.2, -0.15) is 0 Å². The number of piperidine rings is 1. The molecule has 1 fully saturated rings. The number of fused-ring (bicyclic) bond motifs is 1. The molecule has 2 heterocycles. The van der Waals surface area contributed by atoms with E-state index in [1.807, 2.05) is 14.0 Å². The molecular formula is C18H23FN4O2. The Labute approximate surface area is 146 Å². The fraction of sp³-hybridized carbons (Fsp3) is 0.444. The molecule has 1 unspecified atom stereocenters. The number of benzene rings is 1. The maximum Gasteiger partial charge on any atom is 0.222 e. The number of nitrogens with one attached hydrogen (secondary N) is 2. The first-order valence-corrected chi connectivity index (χ1v) is 8.36. The van der Waals surface area contributed by atoms with Crippen molar-refractivity contribution in [2.75, 3.05) is 20.6 Å². The van der Waals surface area contributed by atoms with Crippen LogP contribution in [-0.2, 0) is 11.3 Å². The summed E-state index contributed by atoms with van der Waals surface area (Å²) < 4.78 is 19.2. The van der Waals surface area contributed by atoms with E-state index < -0.39 is 0 Å². The molecule has 2 N–H and O–H groups in total. The Hall–Kier alpha value is -2.57. The van der Waals surface area contributed by atoms with Crippen LogP contribution in [0.1, 0.15) is 24.2 Å². The smallest absolute Gasteiger partial charge is 0.222 e. The third-order valence-electron chi connectivity index (χ3n) is 4.60. The van der Waals surface area contributed by atoms with E-state index in [0.29, 0.717) is 31.1 Å². The Morgan fingerprint density at radius 2 is 2.28 bits per heavy atom. The highest BCUT2D eigenvalue weighted by Crippen LogP contribution is 2.25. The van der Waals surface area contributed by atoms with Crippen molar-refractivity contribution in [3.63, 3.8) is 0 Å². The molecule has 1 atom stereocenters. The van der Waals surface area contributed by atoms with Crippen LogP contribution in [0.4, 0.5) is 4.39 Å². The fourth-order valence-electron chi connectivity index (χ4n) is 3.09.